The van der Waals surface area contributed by atoms with Crippen LogP contribution in [0.25, 0.3) is 22.2 Å². The first kappa shape index (κ1) is 16.5. The minimum Gasteiger partial charge on any atom is -0.347 e. The van der Waals surface area contributed by atoms with Gasteiger partial charge in [0.1, 0.15) is 5.82 Å². The Bertz CT molecular complexity index is 972. The molecule has 4 rings (SSSR count). The van der Waals surface area contributed by atoms with Gasteiger partial charge in [-0.05, 0) is 49.4 Å². The van der Waals surface area contributed by atoms with Crippen LogP contribution < -0.4 is 10.2 Å². The maximum absolute atomic E-state index is 13.2. The van der Waals surface area contributed by atoms with Crippen LogP contribution in [0.1, 0.15) is 6.92 Å². The summed E-state index contributed by atoms with van der Waals surface area (Å²) in [7, 11) is 0. The van der Waals surface area contributed by atoms with E-state index in [4.69, 9.17) is 4.74 Å². The summed E-state index contributed by atoms with van der Waals surface area (Å²) in [5.41, 5.74) is 2.59. The Morgan fingerprint density at radius 2 is 2.08 bits per heavy atom. The van der Waals surface area contributed by atoms with E-state index in [0.29, 0.717) is 11.4 Å². The molecule has 0 spiro atoms. The third-order valence-electron chi connectivity index (χ3n) is 4.32. The van der Waals surface area contributed by atoms with Crippen molar-refractivity contribution in [1.82, 2.24) is 15.5 Å². The molecule has 134 valence electrons. The predicted octanol–water partition coefficient (Wildman–Crippen LogP) is 2.58. The van der Waals surface area contributed by atoms with Crippen molar-refractivity contribution < 1.29 is 19.0 Å². The summed E-state index contributed by atoms with van der Waals surface area (Å²) in [6.07, 6.45) is 0. The number of carbonyl (C=O) groups excluding carboxylic acids is 1. The van der Waals surface area contributed by atoms with Gasteiger partial charge in [0.05, 0.1) is 23.4 Å². The van der Waals surface area contributed by atoms with E-state index >= 15 is 0 Å². The van der Waals surface area contributed by atoms with E-state index in [1.165, 1.54) is 17.0 Å². The highest BCUT2D eigenvalue weighted by atomic mass is 19.1. The zero-order chi connectivity index (χ0) is 18.3. The van der Waals surface area contributed by atoms with Crippen LogP contribution in [0.15, 0.2) is 42.5 Å². The molecule has 1 fully saturated rings. The van der Waals surface area contributed by atoms with E-state index in [9.17, 15) is 14.3 Å². The number of fused-ring (bicyclic) bond motifs is 1. The number of nitrogens with zero attached hydrogens (tertiary/aromatic N) is 2. The largest absolute Gasteiger partial charge is 0.347 e. The fourth-order valence-corrected chi connectivity index (χ4v) is 3.14. The number of aliphatic hydroxyl groups is 1. The van der Waals surface area contributed by atoms with Crippen LogP contribution in [-0.2, 0) is 4.74 Å². The molecule has 0 radical (unpaired) electrons. The molecule has 3 aromatic rings. The summed E-state index contributed by atoms with van der Waals surface area (Å²) in [5.74, 6) is -2.08. The van der Waals surface area contributed by atoms with Gasteiger partial charge in [-0.3, -0.25) is 5.10 Å². The molecule has 2 heterocycles. The molecule has 0 aliphatic carbocycles. The van der Waals surface area contributed by atoms with Gasteiger partial charge in [-0.15, -0.1) is 0 Å². The van der Waals surface area contributed by atoms with Crippen LogP contribution in [0, 0.1) is 5.82 Å². The molecule has 2 aromatic carbocycles. The number of aromatic nitrogens is 2. The van der Waals surface area contributed by atoms with Crippen LogP contribution in [0.2, 0.25) is 0 Å². The summed E-state index contributed by atoms with van der Waals surface area (Å²) in [6, 6.07) is 10.8. The zero-order valence-electron chi connectivity index (χ0n) is 14.0. The summed E-state index contributed by atoms with van der Waals surface area (Å²) in [5, 5.41) is 21.2. The first-order valence-corrected chi connectivity index (χ1v) is 8.20. The minimum absolute atomic E-state index is 0.0338. The lowest BCUT2D eigenvalue weighted by molar-refractivity contribution is -0.180. The molecule has 1 aliphatic rings. The molecule has 1 unspecified atom stereocenters. The van der Waals surface area contributed by atoms with Crippen LogP contribution in [0.3, 0.4) is 0 Å². The second kappa shape index (κ2) is 6.08. The number of aromatic amines is 1. The number of carbonyl (C=O) groups is 1. The number of ether oxygens (including phenoxy) is 1. The topological polar surface area (TPSA) is 90.5 Å². The highest BCUT2D eigenvalue weighted by Gasteiger charge is 2.46. The normalized spacial score (nSPS) is 20.0. The van der Waals surface area contributed by atoms with E-state index in [-0.39, 0.29) is 19.0 Å². The summed E-state index contributed by atoms with van der Waals surface area (Å²) >= 11 is 0. The number of halogens is 1. The molecule has 8 heteroatoms. The average Bonchev–Trinajstić information content (AvgIpc) is 3.17. The number of β-amino-alcohol motifs (C(OH)–C–C–N with tert-alkyl or cyclic N) is 1. The number of anilines is 1. The molecule has 0 saturated carbocycles. The van der Waals surface area contributed by atoms with Gasteiger partial charge >= 0.3 is 6.03 Å². The summed E-state index contributed by atoms with van der Waals surface area (Å²) in [4.78, 5) is 13.4. The first-order chi connectivity index (χ1) is 12.5. The Hall–Kier alpha value is -2.97. The number of amides is 2. The van der Waals surface area contributed by atoms with E-state index in [1.54, 1.807) is 37.3 Å². The van der Waals surface area contributed by atoms with Crippen molar-refractivity contribution in [2.24, 2.45) is 0 Å². The second-order valence-electron chi connectivity index (χ2n) is 5.98. The van der Waals surface area contributed by atoms with Crippen molar-refractivity contribution in [1.29, 1.82) is 0 Å². The molecular weight excluding hydrogens is 339 g/mol. The van der Waals surface area contributed by atoms with Crippen LogP contribution in [0.4, 0.5) is 14.9 Å². The average molecular weight is 356 g/mol. The Morgan fingerprint density at radius 1 is 1.31 bits per heavy atom. The van der Waals surface area contributed by atoms with Gasteiger partial charge in [-0.1, -0.05) is 0 Å². The predicted molar refractivity (Wildman–Crippen MR) is 93.9 cm³/mol. The molecule has 3 N–H and O–H groups in total. The van der Waals surface area contributed by atoms with Gasteiger partial charge in [0, 0.05) is 17.6 Å². The first-order valence-electron chi connectivity index (χ1n) is 8.20. The Kier molecular flexibility index (Phi) is 3.86. The van der Waals surface area contributed by atoms with Crippen molar-refractivity contribution in [3.8, 4) is 11.3 Å². The van der Waals surface area contributed by atoms with E-state index < -0.39 is 11.9 Å². The molecule has 7 nitrogen and oxygen atoms in total. The number of H-pyrrole nitrogens is 1. The lowest BCUT2D eigenvalue weighted by atomic mass is 10.1. The van der Waals surface area contributed by atoms with Crippen LogP contribution >= 0.6 is 0 Å². The quantitative estimate of drug-likeness (QED) is 0.627. The van der Waals surface area contributed by atoms with Gasteiger partial charge in [-0.2, -0.15) is 5.10 Å². The van der Waals surface area contributed by atoms with E-state index in [1.807, 2.05) is 0 Å². The Labute approximate surface area is 148 Å². The smallest absolute Gasteiger partial charge is 0.326 e. The molecule has 26 heavy (non-hydrogen) atoms. The third kappa shape index (κ3) is 2.59. The Morgan fingerprint density at radius 3 is 2.81 bits per heavy atom. The van der Waals surface area contributed by atoms with Crippen LogP contribution in [-0.4, -0.2) is 40.4 Å². The van der Waals surface area contributed by atoms with Crippen LogP contribution in [0.5, 0.6) is 0 Å². The molecule has 1 saturated heterocycles. The SMILES string of the molecule is CCOC1(O)CNC(=O)N1c1ccc2[nH]nc(-c3ccc(F)cc3)c2c1. The number of hydrogen-bond acceptors (Lipinski definition) is 4. The standard InChI is InChI=1S/C18H17FN4O3/c1-2-26-18(25)10-20-17(24)23(18)13-7-8-15-14(9-13)16(22-21-15)11-3-5-12(19)6-4-11/h3-9,25H,2,10H2,1H3,(H,20,24)(H,21,22). The Balaban J connectivity index is 1.81. The number of hydrogen-bond donors (Lipinski definition) is 3. The molecular formula is C18H17FN4O3. The lowest BCUT2D eigenvalue weighted by Crippen LogP contribution is -2.49. The van der Waals surface area contributed by atoms with Crippen molar-refractivity contribution >= 4 is 22.6 Å². The fourth-order valence-electron chi connectivity index (χ4n) is 3.14. The van der Waals surface area contributed by atoms with Gasteiger partial charge in [-0.25, -0.2) is 14.1 Å². The molecule has 1 aromatic heterocycles. The number of rotatable bonds is 4. The molecule has 2 amide bonds. The van der Waals surface area contributed by atoms with Gasteiger partial charge in [0.15, 0.2) is 0 Å². The molecule has 1 aliphatic heterocycles. The summed E-state index contributed by atoms with van der Waals surface area (Å²) in [6.45, 7) is 1.95. The van der Waals surface area contributed by atoms with Crippen molar-refractivity contribution in [3.63, 3.8) is 0 Å². The van der Waals surface area contributed by atoms with Crippen molar-refractivity contribution in [2.45, 2.75) is 12.8 Å². The fraction of sp³-hybridized carbons (Fsp3) is 0.222. The number of benzene rings is 2. The minimum atomic E-state index is -1.75. The van der Waals surface area contributed by atoms with Crippen molar-refractivity contribution in [2.75, 3.05) is 18.1 Å². The van der Waals surface area contributed by atoms with E-state index in [2.05, 4.69) is 15.5 Å². The maximum atomic E-state index is 13.2. The van der Waals surface area contributed by atoms with Gasteiger partial charge < -0.3 is 15.2 Å². The highest BCUT2D eigenvalue weighted by Crippen LogP contribution is 2.33. The monoisotopic (exact) mass is 356 g/mol. The summed E-state index contributed by atoms with van der Waals surface area (Å²) < 4.78 is 18.6. The molecule has 1 atom stereocenters. The zero-order valence-corrected chi connectivity index (χ0v) is 14.0. The number of nitrogens with one attached hydrogen (secondary N) is 2. The van der Waals surface area contributed by atoms with E-state index in [0.717, 1.165) is 16.5 Å². The number of urea groups is 1. The highest BCUT2D eigenvalue weighted by molar-refractivity contribution is 6.00. The maximum Gasteiger partial charge on any atom is 0.326 e. The molecule has 0 bridgehead atoms. The van der Waals surface area contributed by atoms with Gasteiger partial charge in [0.25, 0.3) is 5.91 Å². The van der Waals surface area contributed by atoms with Gasteiger partial charge in [0.2, 0.25) is 0 Å². The second-order valence-corrected chi connectivity index (χ2v) is 5.98. The third-order valence-corrected chi connectivity index (χ3v) is 4.32. The van der Waals surface area contributed by atoms with Crippen molar-refractivity contribution in [3.05, 3.63) is 48.3 Å². The lowest BCUT2D eigenvalue weighted by Gasteiger charge is -2.31.